The van der Waals surface area contributed by atoms with Crippen molar-refractivity contribution in [3.8, 4) is 5.75 Å². The fourth-order valence-corrected chi connectivity index (χ4v) is 4.88. The summed E-state index contributed by atoms with van der Waals surface area (Å²) in [5, 5.41) is 15.7. The molecule has 2 aromatic heterocycles. The summed E-state index contributed by atoms with van der Waals surface area (Å²) in [5.74, 6) is 0.187. The smallest absolute Gasteiger partial charge is 0.251 e. The van der Waals surface area contributed by atoms with E-state index in [2.05, 4.69) is 31.1 Å². The van der Waals surface area contributed by atoms with Crippen molar-refractivity contribution in [2.24, 2.45) is 0 Å². The summed E-state index contributed by atoms with van der Waals surface area (Å²) < 4.78 is 0. The van der Waals surface area contributed by atoms with E-state index in [9.17, 15) is 9.90 Å². The molecule has 0 bridgehead atoms. The summed E-state index contributed by atoms with van der Waals surface area (Å²) >= 11 is 7.58. The highest BCUT2D eigenvalue weighted by atomic mass is 35.5. The number of halogens is 1. The number of pyridine rings is 1. The van der Waals surface area contributed by atoms with Crippen molar-refractivity contribution < 1.29 is 5.11 Å². The number of nitrogens with zero attached hydrogens (tertiary/aromatic N) is 1. The molecule has 2 aromatic carbocycles. The fourth-order valence-electron chi connectivity index (χ4n) is 3.50. The molecule has 0 saturated carbocycles. The third kappa shape index (κ3) is 4.75. The van der Waals surface area contributed by atoms with Gasteiger partial charge >= 0.3 is 0 Å². The number of aromatic amines is 1. The van der Waals surface area contributed by atoms with Crippen LogP contribution in [0.3, 0.4) is 0 Å². The molecular weight excluding hydrogens is 430 g/mol. The maximum Gasteiger partial charge on any atom is 0.251 e. The van der Waals surface area contributed by atoms with Crippen LogP contribution in [0.5, 0.6) is 5.75 Å². The Labute approximate surface area is 189 Å². The number of aromatic hydroxyl groups is 1. The zero-order valence-corrected chi connectivity index (χ0v) is 19.2. The Balaban J connectivity index is 1.64. The van der Waals surface area contributed by atoms with Gasteiger partial charge in [-0.25, -0.2) is 4.98 Å². The Hall–Kier alpha value is -2.83. The van der Waals surface area contributed by atoms with Gasteiger partial charge in [-0.05, 0) is 35.7 Å². The van der Waals surface area contributed by atoms with Gasteiger partial charge in [-0.3, -0.25) is 4.79 Å². The number of H-pyrrole nitrogens is 1. The largest absolute Gasteiger partial charge is 0.508 e. The summed E-state index contributed by atoms with van der Waals surface area (Å²) in [6.45, 7) is 6.74. The first-order valence-corrected chi connectivity index (χ1v) is 11.2. The van der Waals surface area contributed by atoms with Gasteiger partial charge in [0.1, 0.15) is 5.75 Å². The van der Waals surface area contributed by atoms with Crippen LogP contribution in [0.25, 0.3) is 10.9 Å². The minimum atomic E-state index is -0.173. The molecule has 0 aliphatic carbocycles. The number of thiazole rings is 1. The highest BCUT2D eigenvalue weighted by Gasteiger charge is 2.24. The number of hydrogen-bond donors (Lipinski definition) is 3. The van der Waals surface area contributed by atoms with Crippen LogP contribution < -0.4 is 10.9 Å². The third-order valence-corrected chi connectivity index (χ3v) is 6.31. The molecule has 0 aliphatic rings. The number of rotatable bonds is 5. The van der Waals surface area contributed by atoms with Crippen molar-refractivity contribution in [2.45, 2.75) is 39.2 Å². The highest BCUT2D eigenvalue weighted by molar-refractivity contribution is 7.15. The van der Waals surface area contributed by atoms with Crippen LogP contribution in [0.4, 0.5) is 5.13 Å². The van der Waals surface area contributed by atoms with Crippen molar-refractivity contribution in [2.75, 3.05) is 5.32 Å². The fraction of sp³-hybridized carbons (Fsp3) is 0.250. The molecule has 0 atom stereocenters. The Bertz CT molecular complexity index is 1300. The molecule has 0 radical (unpaired) electrons. The van der Waals surface area contributed by atoms with E-state index >= 15 is 0 Å². The lowest BCUT2D eigenvalue weighted by Gasteiger charge is -2.17. The number of nitrogens with one attached hydrogen (secondary N) is 2. The van der Waals surface area contributed by atoms with E-state index in [1.165, 1.54) is 11.3 Å². The van der Waals surface area contributed by atoms with Crippen LogP contribution in [0.1, 0.15) is 42.5 Å². The molecule has 7 heteroatoms. The van der Waals surface area contributed by atoms with Crippen LogP contribution in [-0.2, 0) is 18.4 Å². The first-order chi connectivity index (χ1) is 14.7. The van der Waals surface area contributed by atoms with Crippen LogP contribution in [-0.4, -0.2) is 15.1 Å². The molecule has 4 rings (SSSR count). The quantitative estimate of drug-likeness (QED) is 0.354. The lowest BCUT2D eigenvalue weighted by molar-refractivity contribution is 0.469. The van der Waals surface area contributed by atoms with Crippen LogP contribution in [0.15, 0.2) is 53.3 Å². The van der Waals surface area contributed by atoms with E-state index in [0.29, 0.717) is 29.1 Å². The number of fused-ring (bicyclic) bond motifs is 1. The number of anilines is 1. The predicted molar refractivity (Wildman–Crippen MR) is 129 cm³/mol. The molecule has 160 valence electrons. The number of para-hydroxylation sites is 1. The van der Waals surface area contributed by atoms with Crippen LogP contribution >= 0.6 is 22.9 Å². The molecule has 0 aliphatic heterocycles. The minimum Gasteiger partial charge on any atom is -0.508 e. The van der Waals surface area contributed by atoms with Crippen LogP contribution in [0, 0.1) is 0 Å². The second-order valence-corrected chi connectivity index (χ2v) is 10.1. The summed E-state index contributed by atoms with van der Waals surface area (Å²) in [5.41, 5.74) is 2.96. The first-order valence-electron chi connectivity index (χ1n) is 10.0. The maximum absolute atomic E-state index is 12.7. The number of phenolic OH excluding ortho intramolecular Hbond substituents is 1. The lowest BCUT2D eigenvalue weighted by Crippen LogP contribution is -2.17. The summed E-state index contributed by atoms with van der Waals surface area (Å²) in [6.07, 6.45) is 0.508. The average molecular weight is 454 g/mol. The second-order valence-electron chi connectivity index (χ2n) is 8.56. The van der Waals surface area contributed by atoms with E-state index in [0.717, 1.165) is 26.6 Å². The number of phenols is 1. The Morgan fingerprint density at radius 3 is 2.68 bits per heavy atom. The van der Waals surface area contributed by atoms with Crippen molar-refractivity contribution in [3.63, 3.8) is 0 Å². The summed E-state index contributed by atoms with van der Waals surface area (Å²) in [4.78, 5) is 21.5. The van der Waals surface area contributed by atoms with Gasteiger partial charge < -0.3 is 15.4 Å². The van der Waals surface area contributed by atoms with Crippen molar-refractivity contribution in [1.82, 2.24) is 9.97 Å². The molecule has 0 saturated heterocycles. The van der Waals surface area contributed by atoms with Crippen molar-refractivity contribution in [1.29, 1.82) is 0 Å². The van der Waals surface area contributed by atoms with Gasteiger partial charge in [-0.1, -0.05) is 50.6 Å². The molecule has 5 nitrogen and oxygen atoms in total. The van der Waals surface area contributed by atoms with Gasteiger partial charge in [0.25, 0.3) is 5.56 Å². The molecule has 2 heterocycles. The summed E-state index contributed by atoms with van der Waals surface area (Å²) in [7, 11) is 0. The van der Waals surface area contributed by atoms with Gasteiger partial charge in [-0.2, -0.15) is 0 Å². The maximum atomic E-state index is 12.7. The SMILES string of the molecule is CC(C)(C)c1nc(NCc2cc(Cl)ccc2O)sc1Cc1cc2ccccc2[nH]c1=O. The van der Waals surface area contributed by atoms with Crippen LogP contribution in [0.2, 0.25) is 5.02 Å². The van der Waals surface area contributed by atoms with Gasteiger partial charge in [0.05, 0.1) is 5.69 Å². The highest BCUT2D eigenvalue weighted by Crippen LogP contribution is 2.34. The zero-order chi connectivity index (χ0) is 22.2. The zero-order valence-electron chi connectivity index (χ0n) is 17.6. The molecule has 0 fully saturated rings. The Morgan fingerprint density at radius 1 is 1.13 bits per heavy atom. The average Bonchev–Trinajstić information content (AvgIpc) is 3.12. The van der Waals surface area contributed by atoms with Crippen molar-refractivity contribution >= 4 is 39.0 Å². The molecule has 0 amide bonds. The number of aromatic nitrogens is 2. The van der Waals surface area contributed by atoms with E-state index < -0.39 is 0 Å². The Morgan fingerprint density at radius 2 is 1.90 bits per heavy atom. The van der Waals surface area contributed by atoms with E-state index in [1.807, 2.05) is 30.3 Å². The Kier molecular flexibility index (Phi) is 5.77. The molecule has 31 heavy (non-hydrogen) atoms. The first kappa shape index (κ1) is 21.4. The second kappa shape index (κ2) is 8.36. The normalized spacial score (nSPS) is 11.7. The molecule has 0 unspecified atom stereocenters. The molecule has 4 aromatic rings. The summed E-state index contributed by atoms with van der Waals surface area (Å²) in [6, 6.07) is 14.7. The molecule has 3 N–H and O–H groups in total. The van der Waals surface area contributed by atoms with Gasteiger partial charge in [0.15, 0.2) is 5.13 Å². The minimum absolute atomic E-state index is 0.0784. The van der Waals surface area contributed by atoms with Crippen molar-refractivity contribution in [3.05, 3.63) is 85.6 Å². The van der Waals surface area contributed by atoms with Gasteiger partial charge in [0.2, 0.25) is 0 Å². The molecule has 0 spiro atoms. The van der Waals surface area contributed by atoms with E-state index in [4.69, 9.17) is 16.6 Å². The third-order valence-electron chi connectivity index (χ3n) is 5.06. The lowest BCUT2D eigenvalue weighted by atomic mass is 9.90. The standard InChI is InChI=1S/C24H24ClN3O2S/c1-24(2,3)21-20(12-15-10-14-6-4-5-7-18(14)27-22(15)30)31-23(28-21)26-13-16-11-17(25)8-9-19(16)29/h4-11,29H,12-13H2,1-3H3,(H,26,28)(H,27,30). The topological polar surface area (TPSA) is 78.0 Å². The van der Waals surface area contributed by atoms with E-state index in [1.54, 1.807) is 18.2 Å². The molecular formula is C24H24ClN3O2S. The van der Waals surface area contributed by atoms with Gasteiger partial charge in [-0.15, -0.1) is 11.3 Å². The predicted octanol–water partition coefficient (Wildman–Crippen LogP) is 5.84. The number of hydrogen-bond acceptors (Lipinski definition) is 5. The van der Waals surface area contributed by atoms with Gasteiger partial charge in [0, 0.05) is 44.9 Å². The monoisotopic (exact) mass is 453 g/mol. The van der Waals surface area contributed by atoms with E-state index in [-0.39, 0.29) is 16.7 Å². The number of benzene rings is 2.